The molecule has 0 radical (unpaired) electrons. The van der Waals surface area contributed by atoms with Crippen LogP contribution in [0.1, 0.15) is 12.5 Å². The minimum absolute atomic E-state index is 0.0487. The fourth-order valence-electron chi connectivity index (χ4n) is 3.40. The van der Waals surface area contributed by atoms with Crippen LogP contribution >= 0.6 is 0 Å². The predicted octanol–water partition coefficient (Wildman–Crippen LogP) is 0.680. The second-order valence-electron chi connectivity index (χ2n) is 6.80. The molecule has 0 unspecified atom stereocenters. The van der Waals surface area contributed by atoms with Crippen LogP contribution in [0.5, 0.6) is 0 Å². The second-order valence-corrected chi connectivity index (χ2v) is 6.80. The van der Waals surface area contributed by atoms with Gasteiger partial charge in [-0.3, -0.25) is 9.69 Å². The normalized spacial score (nSPS) is 15.1. The van der Waals surface area contributed by atoms with E-state index in [0.717, 1.165) is 55.3 Å². The Hall–Kier alpha value is -3.07. The van der Waals surface area contributed by atoms with Crippen LogP contribution in [0.2, 0.25) is 0 Å². The number of piperazine rings is 1. The zero-order valence-corrected chi connectivity index (χ0v) is 16.0. The number of carbonyl (C=O) groups excluding carboxylic acids is 1. The third-order valence-corrected chi connectivity index (χ3v) is 4.95. The number of fused-ring (bicyclic) bond motifs is 1. The Labute approximate surface area is 163 Å². The van der Waals surface area contributed by atoms with E-state index in [9.17, 15) is 4.79 Å². The van der Waals surface area contributed by atoms with Gasteiger partial charge in [0.05, 0.1) is 6.54 Å². The Bertz CT molecular complexity index is 934. The van der Waals surface area contributed by atoms with E-state index >= 15 is 0 Å². The molecule has 0 aliphatic carbocycles. The van der Waals surface area contributed by atoms with Gasteiger partial charge in [-0.25, -0.2) is 14.6 Å². The summed E-state index contributed by atoms with van der Waals surface area (Å²) in [7, 11) is 0. The van der Waals surface area contributed by atoms with E-state index in [1.165, 1.54) is 0 Å². The summed E-state index contributed by atoms with van der Waals surface area (Å²) in [6.45, 7) is 6.88. The minimum Gasteiger partial charge on any atom is -0.352 e. The van der Waals surface area contributed by atoms with Crippen LogP contribution in [-0.2, 0) is 17.9 Å². The molecule has 1 aliphatic rings. The summed E-state index contributed by atoms with van der Waals surface area (Å²) in [4.78, 5) is 25.3. The summed E-state index contributed by atoms with van der Waals surface area (Å²) in [5.41, 5.74) is 2.60. The SMILES string of the molecule is CCn1nnc2c(N3CCN(CC(=O)NCc4ccccc4)CC3)ncnc21. The number of aryl methyl sites for hydroxylation is 1. The Morgan fingerprint density at radius 1 is 1.11 bits per heavy atom. The molecular weight excluding hydrogens is 356 g/mol. The molecular formula is C19H24N8O. The minimum atomic E-state index is 0.0487. The zero-order valence-electron chi connectivity index (χ0n) is 16.0. The predicted molar refractivity (Wildman–Crippen MR) is 106 cm³/mol. The monoisotopic (exact) mass is 380 g/mol. The Kier molecular flexibility index (Phi) is 5.43. The molecule has 3 aromatic rings. The van der Waals surface area contributed by atoms with Crippen molar-refractivity contribution in [3.63, 3.8) is 0 Å². The number of benzene rings is 1. The lowest BCUT2D eigenvalue weighted by Gasteiger charge is -2.34. The molecule has 28 heavy (non-hydrogen) atoms. The van der Waals surface area contributed by atoms with Crippen LogP contribution in [0.4, 0.5) is 5.82 Å². The van der Waals surface area contributed by atoms with E-state index in [4.69, 9.17) is 0 Å². The zero-order chi connectivity index (χ0) is 19.3. The van der Waals surface area contributed by atoms with Crippen molar-refractivity contribution in [1.29, 1.82) is 0 Å². The van der Waals surface area contributed by atoms with Crippen LogP contribution < -0.4 is 10.2 Å². The van der Waals surface area contributed by atoms with Crippen molar-refractivity contribution in [3.05, 3.63) is 42.2 Å². The molecule has 0 spiro atoms. The number of carbonyl (C=O) groups is 1. The average molecular weight is 380 g/mol. The number of nitrogens with zero attached hydrogens (tertiary/aromatic N) is 7. The lowest BCUT2D eigenvalue weighted by molar-refractivity contribution is -0.122. The quantitative estimate of drug-likeness (QED) is 0.672. The summed E-state index contributed by atoms with van der Waals surface area (Å²) in [5, 5.41) is 11.4. The van der Waals surface area contributed by atoms with Gasteiger partial charge in [0, 0.05) is 39.3 Å². The molecule has 146 valence electrons. The summed E-state index contributed by atoms with van der Waals surface area (Å²) in [6.07, 6.45) is 1.57. The number of nitrogens with one attached hydrogen (secondary N) is 1. The first-order chi connectivity index (χ1) is 13.7. The van der Waals surface area contributed by atoms with Crippen molar-refractivity contribution in [2.24, 2.45) is 0 Å². The molecule has 3 heterocycles. The smallest absolute Gasteiger partial charge is 0.234 e. The molecule has 2 aromatic heterocycles. The number of rotatable bonds is 6. The highest BCUT2D eigenvalue weighted by atomic mass is 16.2. The number of aromatic nitrogens is 5. The van der Waals surface area contributed by atoms with Gasteiger partial charge in [0.25, 0.3) is 0 Å². The first kappa shape index (κ1) is 18.3. The van der Waals surface area contributed by atoms with E-state index in [1.807, 2.05) is 37.3 Å². The number of anilines is 1. The van der Waals surface area contributed by atoms with Crippen molar-refractivity contribution in [3.8, 4) is 0 Å². The lowest BCUT2D eigenvalue weighted by atomic mass is 10.2. The van der Waals surface area contributed by atoms with Crippen molar-refractivity contribution in [1.82, 2.24) is 35.2 Å². The fourth-order valence-corrected chi connectivity index (χ4v) is 3.40. The maximum atomic E-state index is 12.2. The molecule has 1 aliphatic heterocycles. The van der Waals surface area contributed by atoms with Crippen molar-refractivity contribution in [2.45, 2.75) is 20.0 Å². The molecule has 9 heteroatoms. The van der Waals surface area contributed by atoms with Crippen LogP contribution in [0.25, 0.3) is 11.2 Å². The molecule has 1 fully saturated rings. The highest BCUT2D eigenvalue weighted by Gasteiger charge is 2.23. The Morgan fingerprint density at radius 3 is 2.64 bits per heavy atom. The van der Waals surface area contributed by atoms with Crippen molar-refractivity contribution >= 4 is 22.9 Å². The van der Waals surface area contributed by atoms with Gasteiger partial charge < -0.3 is 10.2 Å². The summed E-state index contributed by atoms with van der Waals surface area (Å²) in [5.74, 6) is 0.866. The van der Waals surface area contributed by atoms with Gasteiger partial charge in [-0.05, 0) is 12.5 Å². The molecule has 4 rings (SSSR count). The van der Waals surface area contributed by atoms with Gasteiger partial charge in [-0.2, -0.15) is 0 Å². The van der Waals surface area contributed by atoms with Gasteiger partial charge in [0.15, 0.2) is 17.0 Å². The summed E-state index contributed by atoms with van der Waals surface area (Å²) in [6, 6.07) is 9.94. The molecule has 1 saturated heterocycles. The molecule has 1 N–H and O–H groups in total. The van der Waals surface area contributed by atoms with Gasteiger partial charge in [0.2, 0.25) is 5.91 Å². The summed E-state index contributed by atoms with van der Waals surface area (Å²) < 4.78 is 1.77. The van der Waals surface area contributed by atoms with E-state index < -0.39 is 0 Å². The Morgan fingerprint density at radius 2 is 1.89 bits per heavy atom. The highest BCUT2D eigenvalue weighted by Crippen LogP contribution is 2.21. The van der Waals surface area contributed by atoms with E-state index in [2.05, 4.69) is 35.4 Å². The third-order valence-electron chi connectivity index (χ3n) is 4.95. The maximum absolute atomic E-state index is 12.2. The van der Waals surface area contributed by atoms with E-state index in [1.54, 1.807) is 11.0 Å². The van der Waals surface area contributed by atoms with Crippen LogP contribution in [0.15, 0.2) is 36.7 Å². The van der Waals surface area contributed by atoms with Crippen LogP contribution in [0, 0.1) is 0 Å². The lowest BCUT2D eigenvalue weighted by Crippen LogP contribution is -2.49. The topological polar surface area (TPSA) is 92.1 Å². The standard InChI is InChI=1S/C19H24N8O/c1-2-27-19-17(23-24-27)18(21-14-22-19)26-10-8-25(9-11-26)13-16(28)20-12-15-6-4-3-5-7-15/h3-7,14H,2,8-13H2,1H3,(H,20,28). The molecule has 0 saturated carbocycles. The summed E-state index contributed by atoms with van der Waals surface area (Å²) >= 11 is 0. The van der Waals surface area contributed by atoms with Gasteiger partial charge in [-0.15, -0.1) is 5.10 Å². The van der Waals surface area contributed by atoms with Gasteiger partial charge in [-0.1, -0.05) is 35.5 Å². The third kappa shape index (κ3) is 3.94. The molecule has 0 atom stereocenters. The molecule has 0 bridgehead atoms. The highest BCUT2D eigenvalue weighted by molar-refractivity contribution is 5.82. The van der Waals surface area contributed by atoms with Gasteiger partial charge >= 0.3 is 0 Å². The van der Waals surface area contributed by atoms with Crippen LogP contribution in [0.3, 0.4) is 0 Å². The molecule has 1 aromatic carbocycles. The van der Waals surface area contributed by atoms with Crippen molar-refractivity contribution < 1.29 is 4.79 Å². The average Bonchev–Trinajstić information content (AvgIpc) is 3.17. The number of hydrogen-bond donors (Lipinski definition) is 1. The first-order valence-corrected chi connectivity index (χ1v) is 9.56. The fraction of sp³-hybridized carbons (Fsp3) is 0.421. The van der Waals surface area contributed by atoms with Gasteiger partial charge in [0.1, 0.15) is 6.33 Å². The Balaban J connectivity index is 1.31. The van der Waals surface area contributed by atoms with E-state index in [-0.39, 0.29) is 5.91 Å². The first-order valence-electron chi connectivity index (χ1n) is 9.56. The second kappa shape index (κ2) is 8.30. The largest absolute Gasteiger partial charge is 0.352 e. The number of amides is 1. The molecule has 1 amide bonds. The number of hydrogen-bond acceptors (Lipinski definition) is 7. The van der Waals surface area contributed by atoms with Crippen molar-refractivity contribution in [2.75, 3.05) is 37.6 Å². The van der Waals surface area contributed by atoms with Crippen LogP contribution in [-0.4, -0.2) is 68.5 Å². The maximum Gasteiger partial charge on any atom is 0.234 e. The van der Waals surface area contributed by atoms with E-state index in [0.29, 0.717) is 13.1 Å². The molecule has 9 nitrogen and oxygen atoms in total.